The number of thiol groups is 1. The molecule has 0 aliphatic heterocycles. The molecule has 0 aliphatic carbocycles. The zero-order chi connectivity index (χ0) is 12.1. The summed E-state index contributed by atoms with van der Waals surface area (Å²) in [4.78, 5) is 10.1. The highest BCUT2D eigenvalue weighted by atomic mass is 32.1. The summed E-state index contributed by atoms with van der Waals surface area (Å²) in [6.45, 7) is 2.96. The zero-order valence-corrected chi connectivity index (χ0v) is 9.99. The second kappa shape index (κ2) is 12.7. The van der Waals surface area contributed by atoms with Gasteiger partial charge in [-0.3, -0.25) is 4.79 Å². The minimum absolute atomic E-state index is 0.0207. The van der Waals surface area contributed by atoms with E-state index in [2.05, 4.69) is 17.1 Å². The molecule has 0 aliphatic rings. The van der Waals surface area contributed by atoms with E-state index >= 15 is 0 Å². The third-order valence-electron chi connectivity index (χ3n) is 1.52. The van der Waals surface area contributed by atoms with E-state index < -0.39 is 5.97 Å². The number of carboxylic acid groups (broad SMARTS) is 1. The van der Waals surface area contributed by atoms with E-state index in [1.54, 1.807) is 0 Å². The number of ether oxygens (including phenoxy) is 3. The average molecular weight is 254 g/mol. The van der Waals surface area contributed by atoms with Gasteiger partial charge in [0.25, 0.3) is 0 Å². The molecule has 0 saturated heterocycles. The van der Waals surface area contributed by atoms with Crippen molar-refractivity contribution in [3.05, 3.63) is 0 Å². The maximum absolute atomic E-state index is 10.1. The van der Waals surface area contributed by atoms with E-state index in [4.69, 9.17) is 19.3 Å². The van der Waals surface area contributed by atoms with E-state index in [0.29, 0.717) is 39.6 Å². The summed E-state index contributed by atoms with van der Waals surface area (Å²) in [6, 6.07) is 0. The number of carboxylic acids is 1. The summed E-state index contributed by atoms with van der Waals surface area (Å²) >= 11 is 3.56. The van der Waals surface area contributed by atoms with Crippen LogP contribution in [0.2, 0.25) is 0 Å². The zero-order valence-electron chi connectivity index (χ0n) is 9.09. The molecule has 0 aromatic rings. The van der Waals surface area contributed by atoms with Crippen LogP contribution in [0.15, 0.2) is 0 Å². The van der Waals surface area contributed by atoms with Crippen molar-refractivity contribution in [1.82, 2.24) is 0 Å². The molecule has 0 aromatic heterocycles. The Labute approximate surface area is 100 Å². The fourth-order valence-corrected chi connectivity index (χ4v) is 0.872. The number of aliphatic carboxylic acids is 1. The lowest BCUT2D eigenvalue weighted by atomic mass is 10.5. The van der Waals surface area contributed by atoms with E-state index in [9.17, 15) is 4.79 Å². The van der Waals surface area contributed by atoms with Crippen molar-refractivity contribution in [2.24, 2.45) is 0 Å². The molecule has 0 bridgehead atoms. The first kappa shape index (κ1) is 15.7. The maximum atomic E-state index is 10.1. The standard InChI is InChI=1S/C9H18O6S/c10-9(11)1-2-12-3-4-13-5-6-14-7-8-15-16/h16H,1-8H2,(H,10,11). The van der Waals surface area contributed by atoms with Gasteiger partial charge in [-0.1, -0.05) is 0 Å². The molecule has 1 N–H and O–H groups in total. The van der Waals surface area contributed by atoms with Crippen LogP contribution in [0.1, 0.15) is 6.42 Å². The van der Waals surface area contributed by atoms with Gasteiger partial charge in [-0.05, 0) is 12.9 Å². The van der Waals surface area contributed by atoms with Crippen molar-refractivity contribution < 1.29 is 28.3 Å². The lowest BCUT2D eigenvalue weighted by molar-refractivity contribution is -0.138. The fraction of sp³-hybridized carbons (Fsp3) is 0.889. The minimum atomic E-state index is -0.860. The lowest BCUT2D eigenvalue weighted by Gasteiger charge is -2.05. The first-order valence-electron chi connectivity index (χ1n) is 4.98. The second-order valence-electron chi connectivity index (χ2n) is 2.81. The fourth-order valence-electron chi connectivity index (χ4n) is 0.798. The first-order chi connectivity index (χ1) is 7.77. The van der Waals surface area contributed by atoms with Crippen molar-refractivity contribution in [3.63, 3.8) is 0 Å². The SMILES string of the molecule is O=C(O)CCOCCOCCOCCOS. The van der Waals surface area contributed by atoms with E-state index in [-0.39, 0.29) is 13.0 Å². The number of carbonyl (C=O) groups is 1. The molecule has 0 amide bonds. The molecular weight excluding hydrogens is 236 g/mol. The van der Waals surface area contributed by atoms with Crippen LogP contribution in [0.5, 0.6) is 0 Å². The second-order valence-corrected chi connectivity index (χ2v) is 3.07. The van der Waals surface area contributed by atoms with E-state index in [0.717, 1.165) is 0 Å². The number of hydrogen-bond acceptors (Lipinski definition) is 6. The third kappa shape index (κ3) is 13.7. The van der Waals surface area contributed by atoms with Crippen molar-refractivity contribution in [1.29, 1.82) is 0 Å². The Bertz CT molecular complexity index is 166. The Morgan fingerprint density at radius 1 is 0.875 bits per heavy atom. The molecule has 96 valence electrons. The van der Waals surface area contributed by atoms with Gasteiger partial charge in [-0.25, -0.2) is 0 Å². The quantitative estimate of drug-likeness (QED) is 0.298. The van der Waals surface area contributed by atoms with Crippen LogP contribution in [-0.2, 0) is 23.2 Å². The van der Waals surface area contributed by atoms with Gasteiger partial charge in [-0.2, -0.15) is 0 Å². The van der Waals surface area contributed by atoms with Gasteiger partial charge in [0, 0.05) is 0 Å². The van der Waals surface area contributed by atoms with Crippen LogP contribution in [0, 0.1) is 0 Å². The van der Waals surface area contributed by atoms with Gasteiger partial charge >= 0.3 is 5.97 Å². The summed E-state index contributed by atoms with van der Waals surface area (Å²) in [5, 5.41) is 8.31. The van der Waals surface area contributed by atoms with Gasteiger partial charge in [0.2, 0.25) is 0 Å². The van der Waals surface area contributed by atoms with Gasteiger partial charge < -0.3 is 23.5 Å². The number of rotatable bonds is 12. The molecule has 6 nitrogen and oxygen atoms in total. The predicted octanol–water partition coefficient (Wildman–Crippen LogP) is 0.372. The molecule has 16 heavy (non-hydrogen) atoms. The first-order valence-corrected chi connectivity index (χ1v) is 5.35. The van der Waals surface area contributed by atoms with E-state index in [1.165, 1.54) is 0 Å². The molecular formula is C9H18O6S. The Morgan fingerprint density at radius 2 is 1.31 bits per heavy atom. The van der Waals surface area contributed by atoms with Gasteiger partial charge in [0.1, 0.15) is 0 Å². The molecule has 0 saturated carbocycles. The Hall–Kier alpha value is -0.340. The molecule has 0 atom stereocenters. The summed E-state index contributed by atoms with van der Waals surface area (Å²) in [5.41, 5.74) is 0. The molecule has 0 spiro atoms. The summed E-state index contributed by atoms with van der Waals surface area (Å²) in [7, 11) is 0. The highest BCUT2D eigenvalue weighted by molar-refractivity contribution is 7.75. The van der Waals surface area contributed by atoms with Crippen molar-refractivity contribution >= 4 is 18.9 Å². The highest BCUT2D eigenvalue weighted by Gasteiger charge is 1.96. The average Bonchev–Trinajstić information content (AvgIpc) is 2.25. The monoisotopic (exact) mass is 254 g/mol. The van der Waals surface area contributed by atoms with Crippen LogP contribution in [-0.4, -0.2) is 57.3 Å². The predicted molar refractivity (Wildman–Crippen MR) is 59.6 cm³/mol. The number of hydrogen-bond donors (Lipinski definition) is 2. The largest absolute Gasteiger partial charge is 0.481 e. The van der Waals surface area contributed by atoms with Gasteiger partial charge in [0.05, 0.1) is 52.7 Å². The van der Waals surface area contributed by atoms with Gasteiger partial charge in [0.15, 0.2) is 0 Å². The lowest BCUT2D eigenvalue weighted by Crippen LogP contribution is -2.12. The van der Waals surface area contributed by atoms with Crippen molar-refractivity contribution in [2.75, 3.05) is 46.2 Å². The summed E-state index contributed by atoms with van der Waals surface area (Å²) in [6.07, 6.45) is 0.0207. The van der Waals surface area contributed by atoms with Crippen LogP contribution < -0.4 is 0 Å². The van der Waals surface area contributed by atoms with Gasteiger partial charge in [-0.15, -0.1) is 0 Å². The van der Waals surface area contributed by atoms with Crippen LogP contribution in [0.25, 0.3) is 0 Å². The Morgan fingerprint density at radius 3 is 1.75 bits per heavy atom. The molecule has 0 unspecified atom stereocenters. The minimum Gasteiger partial charge on any atom is -0.481 e. The normalized spacial score (nSPS) is 10.6. The van der Waals surface area contributed by atoms with Crippen LogP contribution in [0.4, 0.5) is 0 Å². The molecule has 0 radical (unpaired) electrons. The summed E-state index contributed by atoms with van der Waals surface area (Å²) < 4.78 is 19.8. The van der Waals surface area contributed by atoms with Crippen molar-refractivity contribution in [2.45, 2.75) is 6.42 Å². The molecule has 0 aromatic carbocycles. The molecule has 7 heteroatoms. The smallest absolute Gasteiger partial charge is 0.305 e. The Kier molecular flexibility index (Phi) is 12.5. The summed E-state index contributed by atoms with van der Waals surface area (Å²) in [5.74, 6) is -0.860. The Balaban J connectivity index is 2.90. The molecule has 0 fully saturated rings. The molecule has 0 rings (SSSR count). The third-order valence-corrected chi connectivity index (χ3v) is 1.71. The van der Waals surface area contributed by atoms with E-state index in [1.807, 2.05) is 0 Å². The highest BCUT2D eigenvalue weighted by Crippen LogP contribution is 1.85. The topological polar surface area (TPSA) is 74.2 Å². The maximum Gasteiger partial charge on any atom is 0.305 e. The van der Waals surface area contributed by atoms with Crippen LogP contribution >= 0.6 is 12.9 Å². The molecule has 0 heterocycles. The van der Waals surface area contributed by atoms with Crippen LogP contribution in [0.3, 0.4) is 0 Å². The van der Waals surface area contributed by atoms with Crippen molar-refractivity contribution in [3.8, 4) is 0 Å².